The van der Waals surface area contributed by atoms with Gasteiger partial charge in [0.1, 0.15) is 0 Å². The van der Waals surface area contributed by atoms with E-state index in [1.807, 2.05) is 13.1 Å². The molecule has 2 rings (SSSR count). The zero-order valence-corrected chi connectivity index (χ0v) is 9.18. The van der Waals surface area contributed by atoms with Crippen LogP contribution in [0.1, 0.15) is 15.9 Å². The van der Waals surface area contributed by atoms with Crippen molar-refractivity contribution in [2.45, 2.75) is 6.92 Å². The van der Waals surface area contributed by atoms with Crippen molar-refractivity contribution in [3.63, 3.8) is 0 Å². The number of halogens is 1. The molecule has 0 spiro atoms. The fraction of sp³-hybridized carbons (Fsp3) is 0.182. The second-order valence-electron chi connectivity index (χ2n) is 3.34. The Morgan fingerprint density at radius 1 is 1.47 bits per heavy atom. The second-order valence-corrected chi connectivity index (χ2v) is 3.75. The molecule has 1 N–H and O–H groups in total. The highest BCUT2D eigenvalue weighted by molar-refractivity contribution is 6.35. The summed E-state index contributed by atoms with van der Waals surface area (Å²) in [6.45, 7) is 1.95. The summed E-state index contributed by atoms with van der Waals surface area (Å²) in [4.78, 5) is 14.4. The van der Waals surface area contributed by atoms with Crippen molar-refractivity contribution < 1.29 is 9.53 Å². The van der Waals surface area contributed by atoms with Gasteiger partial charge in [-0.05, 0) is 24.6 Å². The number of hydrogen-bond acceptors (Lipinski definition) is 2. The van der Waals surface area contributed by atoms with Gasteiger partial charge in [0.25, 0.3) is 0 Å². The number of carbonyl (C=O) groups is 1. The van der Waals surface area contributed by atoms with E-state index in [0.717, 1.165) is 16.5 Å². The third-order valence-electron chi connectivity index (χ3n) is 2.37. The van der Waals surface area contributed by atoms with Gasteiger partial charge in [0.15, 0.2) is 0 Å². The van der Waals surface area contributed by atoms with Crippen molar-refractivity contribution in [2.75, 3.05) is 7.11 Å². The van der Waals surface area contributed by atoms with Crippen LogP contribution in [0, 0.1) is 6.92 Å². The Bertz CT molecular complexity index is 531. The fourth-order valence-corrected chi connectivity index (χ4v) is 1.83. The van der Waals surface area contributed by atoms with Crippen molar-refractivity contribution in [3.8, 4) is 0 Å². The van der Waals surface area contributed by atoms with E-state index in [-0.39, 0.29) is 5.97 Å². The highest BCUT2D eigenvalue weighted by Gasteiger charge is 2.11. The van der Waals surface area contributed by atoms with E-state index in [1.54, 1.807) is 12.1 Å². The van der Waals surface area contributed by atoms with E-state index in [0.29, 0.717) is 10.6 Å². The molecule has 0 aliphatic carbocycles. The summed E-state index contributed by atoms with van der Waals surface area (Å²) in [6.07, 6.45) is 1.86. The van der Waals surface area contributed by atoms with Gasteiger partial charge in [-0.15, -0.1) is 0 Å². The van der Waals surface area contributed by atoms with Crippen molar-refractivity contribution in [2.24, 2.45) is 0 Å². The molecule has 1 aromatic carbocycles. The first-order valence-electron chi connectivity index (χ1n) is 4.49. The molecule has 3 nitrogen and oxygen atoms in total. The molecule has 0 amide bonds. The number of ether oxygens (including phenoxy) is 1. The lowest BCUT2D eigenvalue weighted by atomic mass is 10.1. The SMILES string of the molecule is COC(=O)c1cc(Cl)c2[nH]cc(C)c2c1. The lowest BCUT2D eigenvalue weighted by molar-refractivity contribution is 0.0601. The topological polar surface area (TPSA) is 42.1 Å². The molecular formula is C11H10ClNO2. The monoisotopic (exact) mass is 223 g/mol. The number of benzene rings is 1. The Labute approximate surface area is 92.0 Å². The smallest absolute Gasteiger partial charge is 0.337 e. The lowest BCUT2D eigenvalue weighted by Gasteiger charge is -2.01. The molecule has 0 aliphatic heterocycles. The molecule has 15 heavy (non-hydrogen) atoms. The number of aromatic nitrogens is 1. The van der Waals surface area contributed by atoms with E-state index in [2.05, 4.69) is 9.72 Å². The quantitative estimate of drug-likeness (QED) is 0.756. The predicted molar refractivity (Wildman–Crippen MR) is 59.4 cm³/mol. The number of H-pyrrole nitrogens is 1. The summed E-state index contributed by atoms with van der Waals surface area (Å²) in [6, 6.07) is 3.38. The van der Waals surface area contributed by atoms with Crippen LogP contribution in [0.25, 0.3) is 10.9 Å². The zero-order valence-electron chi connectivity index (χ0n) is 8.43. The normalized spacial score (nSPS) is 10.6. The summed E-state index contributed by atoms with van der Waals surface area (Å²) >= 11 is 6.04. The third-order valence-corrected chi connectivity index (χ3v) is 2.67. The minimum Gasteiger partial charge on any atom is -0.465 e. The molecule has 0 fully saturated rings. The van der Waals surface area contributed by atoms with Crippen LogP contribution in [-0.4, -0.2) is 18.1 Å². The minimum absolute atomic E-state index is 0.376. The number of aryl methyl sites for hydroxylation is 1. The standard InChI is InChI=1S/C11H10ClNO2/c1-6-5-13-10-8(6)3-7(4-9(10)12)11(14)15-2/h3-5,13H,1-2H3. The molecule has 0 saturated heterocycles. The molecule has 0 unspecified atom stereocenters. The molecule has 2 aromatic rings. The first-order chi connectivity index (χ1) is 7.13. The first kappa shape index (κ1) is 10.1. The maximum absolute atomic E-state index is 11.4. The molecule has 0 saturated carbocycles. The van der Waals surface area contributed by atoms with Crippen LogP contribution in [0.2, 0.25) is 5.02 Å². The van der Waals surface area contributed by atoms with E-state index in [4.69, 9.17) is 11.6 Å². The van der Waals surface area contributed by atoms with Gasteiger partial charge in [-0.2, -0.15) is 0 Å². The van der Waals surface area contributed by atoms with Gasteiger partial charge in [-0.25, -0.2) is 4.79 Å². The summed E-state index contributed by atoms with van der Waals surface area (Å²) in [7, 11) is 1.35. The Morgan fingerprint density at radius 2 is 2.20 bits per heavy atom. The lowest BCUT2D eigenvalue weighted by Crippen LogP contribution is -2.00. The van der Waals surface area contributed by atoms with Crippen LogP contribution in [-0.2, 0) is 4.74 Å². The van der Waals surface area contributed by atoms with E-state index in [9.17, 15) is 4.79 Å². The molecule has 0 bridgehead atoms. The van der Waals surface area contributed by atoms with Crippen molar-refractivity contribution in [1.82, 2.24) is 4.98 Å². The van der Waals surface area contributed by atoms with Gasteiger partial charge in [0.05, 0.1) is 23.2 Å². The number of carbonyl (C=O) groups excluding carboxylic acids is 1. The molecule has 0 aliphatic rings. The molecule has 1 aromatic heterocycles. The van der Waals surface area contributed by atoms with Gasteiger partial charge in [-0.3, -0.25) is 0 Å². The van der Waals surface area contributed by atoms with Crippen molar-refractivity contribution in [1.29, 1.82) is 0 Å². The van der Waals surface area contributed by atoms with Crippen LogP contribution >= 0.6 is 11.6 Å². The van der Waals surface area contributed by atoms with Crippen LogP contribution in [0.5, 0.6) is 0 Å². The van der Waals surface area contributed by atoms with Crippen LogP contribution in [0.15, 0.2) is 18.3 Å². The Hall–Kier alpha value is -1.48. The molecule has 4 heteroatoms. The summed E-state index contributed by atoms with van der Waals surface area (Å²) in [5.41, 5.74) is 2.37. The zero-order chi connectivity index (χ0) is 11.0. The number of rotatable bonds is 1. The average molecular weight is 224 g/mol. The molecular weight excluding hydrogens is 214 g/mol. The van der Waals surface area contributed by atoms with Gasteiger partial charge in [0, 0.05) is 11.6 Å². The van der Waals surface area contributed by atoms with Gasteiger partial charge < -0.3 is 9.72 Å². The first-order valence-corrected chi connectivity index (χ1v) is 4.87. The van der Waals surface area contributed by atoms with Gasteiger partial charge >= 0.3 is 5.97 Å². The van der Waals surface area contributed by atoms with Crippen LogP contribution < -0.4 is 0 Å². The van der Waals surface area contributed by atoms with E-state index >= 15 is 0 Å². The van der Waals surface area contributed by atoms with Crippen LogP contribution in [0.4, 0.5) is 0 Å². The van der Waals surface area contributed by atoms with Crippen molar-refractivity contribution in [3.05, 3.63) is 34.5 Å². The number of esters is 1. The Kier molecular flexibility index (Phi) is 2.40. The average Bonchev–Trinajstić information content (AvgIpc) is 2.60. The number of fused-ring (bicyclic) bond motifs is 1. The minimum atomic E-state index is -0.376. The number of hydrogen-bond donors (Lipinski definition) is 1. The fourth-order valence-electron chi connectivity index (χ4n) is 1.56. The molecule has 0 atom stereocenters. The number of methoxy groups -OCH3 is 1. The maximum Gasteiger partial charge on any atom is 0.337 e. The highest BCUT2D eigenvalue weighted by atomic mass is 35.5. The van der Waals surface area contributed by atoms with Crippen molar-refractivity contribution >= 4 is 28.5 Å². The van der Waals surface area contributed by atoms with E-state index < -0.39 is 0 Å². The summed E-state index contributed by atoms with van der Waals surface area (Å²) < 4.78 is 4.65. The largest absolute Gasteiger partial charge is 0.465 e. The summed E-state index contributed by atoms with van der Waals surface area (Å²) in [5.74, 6) is -0.376. The maximum atomic E-state index is 11.4. The van der Waals surface area contributed by atoms with E-state index in [1.165, 1.54) is 7.11 Å². The predicted octanol–water partition coefficient (Wildman–Crippen LogP) is 2.92. The van der Waals surface area contributed by atoms with Gasteiger partial charge in [0.2, 0.25) is 0 Å². The third kappa shape index (κ3) is 1.59. The second kappa shape index (κ2) is 3.59. The van der Waals surface area contributed by atoms with Gasteiger partial charge in [-0.1, -0.05) is 11.6 Å². The Balaban J connectivity index is 2.70. The Morgan fingerprint density at radius 3 is 2.87 bits per heavy atom. The number of nitrogens with one attached hydrogen (secondary N) is 1. The van der Waals surface area contributed by atoms with Crippen LogP contribution in [0.3, 0.4) is 0 Å². The molecule has 78 valence electrons. The number of aromatic amines is 1. The molecule has 1 heterocycles. The molecule has 0 radical (unpaired) electrons. The highest BCUT2D eigenvalue weighted by Crippen LogP contribution is 2.27. The summed E-state index contributed by atoms with van der Waals surface area (Å²) in [5, 5.41) is 1.48.